The first-order valence-electron chi connectivity index (χ1n) is 7.30. The number of hydrogen-bond acceptors (Lipinski definition) is 3. The molecule has 2 amide bonds. The molecule has 0 radical (unpaired) electrons. The molecule has 24 heavy (non-hydrogen) atoms. The summed E-state index contributed by atoms with van der Waals surface area (Å²) in [7, 11) is 0. The number of amides is 2. The van der Waals surface area contributed by atoms with Crippen LogP contribution < -0.4 is 16.4 Å². The lowest BCUT2D eigenvalue weighted by molar-refractivity contribution is -0.119. The Kier molecular flexibility index (Phi) is 6.14. The summed E-state index contributed by atoms with van der Waals surface area (Å²) in [5, 5.41) is 5.99. The van der Waals surface area contributed by atoms with Gasteiger partial charge in [-0.2, -0.15) is 0 Å². The number of carbonyl (C=O) groups is 2. The van der Waals surface area contributed by atoms with Gasteiger partial charge in [-0.1, -0.05) is 23.7 Å². The van der Waals surface area contributed by atoms with Crippen molar-refractivity contribution >= 4 is 29.1 Å². The third-order valence-corrected chi connectivity index (χ3v) is 3.67. The van der Waals surface area contributed by atoms with Crippen molar-refractivity contribution in [2.45, 2.75) is 6.42 Å². The Hall–Kier alpha value is -2.60. The Morgan fingerprint density at radius 3 is 2.50 bits per heavy atom. The second-order valence-corrected chi connectivity index (χ2v) is 5.55. The monoisotopic (exact) mass is 349 g/mol. The van der Waals surface area contributed by atoms with E-state index < -0.39 is 5.91 Å². The molecule has 0 aliphatic heterocycles. The molecule has 2 aromatic carbocycles. The van der Waals surface area contributed by atoms with E-state index in [0.29, 0.717) is 29.2 Å². The smallest absolute Gasteiger partial charge is 0.248 e. The highest BCUT2D eigenvalue weighted by Gasteiger charge is 2.07. The molecule has 0 unspecified atom stereocenters. The zero-order chi connectivity index (χ0) is 17.5. The Morgan fingerprint density at radius 1 is 1.12 bits per heavy atom. The largest absolute Gasteiger partial charge is 0.375 e. The number of benzene rings is 2. The fraction of sp³-hybridized carbons (Fsp3) is 0.176. The highest BCUT2D eigenvalue weighted by Crippen LogP contribution is 2.22. The van der Waals surface area contributed by atoms with Crippen molar-refractivity contribution in [3.8, 4) is 0 Å². The van der Waals surface area contributed by atoms with Crippen molar-refractivity contribution in [2.24, 2.45) is 5.73 Å². The molecule has 0 aliphatic carbocycles. The number of nitrogens with one attached hydrogen (secondary N) is 2. The van der Waals surface area contributed by atoms with Crippen LogP contribution in [0, 0.1) is 5.82 Å². The first-order chi connectivity index (χ1) is 11.5. The van der Waals surface area contributed by atoms with Gasteiger partial charge in [0.15, 0.2) is 0 Å². The summed E-state index contributed by atoms with van der Waals surface area (Å²) < 4.78 is 12.8. The van der Waals surface area contributed by atoms with Crippen molar-refractivity contribution in [1.82, 2.24) is 5.32 Å². The van der Waals surface area contributed by atoms with Crippen LogP contribution in [-0.4, -0.2) is 24.9 Å². The average molecular weight is 350 g/mol. The van der Waals surface area contributed by atoms with E-state index in [9.17, 15) is 14.0 Å². The molecule has 0 bridgehead atoms. The van der Waals surface area contributed by atoms with Gasteiger partial charge in [-0.05, 0) is 42.3 Å². The Labute approximate surface area is 144 Å². The number of primary amides is 1. The average Bonchev–Trinajstić information content (AvgIpc) is 2.55. The molecular weight excluding hydrogens is 333 g/mol. The van der Waals surface area contributed by atoms with Crippen molar-refractivity contribution in [1.29, 1.82) is 0 Å². The van der Waals surface area contributed by atoms with Crippen LogP contribution in [0.25, 0.3) is 0 Å². The quantitative estimate of drug-likeness (QED) is 0.717. The Morgan fingerprint density at radius 2 is 1.83 bits per heavy atom. The van der Waals surface area contributed by atoms with Gasteiger partial charge in [-0.3, -0.25) is 9.59 Å². The van der Waals surface area contributed by atoms with Gasteiger partial charge >= 0.3 is 0 Å². The topological polar surface area (TPSA) is 84.2 Å². The number of anilines is 1. The highest BCUT2D eigenvalue weighted by atomic mass is 35.5. The van der Waals surface area contributed by atoms with Gasteiger partial charge < -0.3 is 16.4 Å². The fourth-order valence-electron chi connectivity index (χ4n) is 2.05. The zero-order valence-corrected chi connectivity index (χ0v) is 13.6. The molecule has 0 heterocycles. The van der Waals surface area contributed by atoms with Crippen molar-refractivity contribution in [3.05, 3.63) is 64.4 Å². The molecule has 0 aromatic heterocycles. The van der Waals surface area contributed by atoms with Gasteiger partial charge in [0.05, 0.1) is 17.3 Å². The van der Waals surface area contributed by atoms with E-state index in [2.05, 4.69) is 10.6 Å². The second-order valence-electron chi connectivity index (χ2n) is 5.14. The SMILES string of the molecule is NC(=O)c1ccc(Cl)c(NCC(=O)NCCc2ccc(F)cc2)c1. The first-order valence-corrected chi connectivity index (χ1v) is 7.68. The Balaban J connectivity index is 1.80. The lowest BCUT2D eigenvalue weighted by atomic mass is 10.1. The van der Waals surface area contributed by atoms with Crippen LogP contribution in [0.15, 0.2) is 42.5 Å². The molecule has 7 heteroatoms. The van der Waals surface area contributed by atoms with Crippen LogP contribution in [0.2, 0.25) is 5.02 Å². The molecule has 0 saturated carbocycles. The predicted octanol–water partition coefficient (Wildman–Crippen LogP) is 2.35. The molecule has 0 atom stereocenters. The summed E-state index contributed by atoms with van der Waals surface area (Å²) in [5.41, 5.74) is 6.90. The second kappa shape index (κ2) is 8.31. The van der Waals surface area contributed by atoms with Gasteiger partial charge in [0.2, 0.25) is 11.8 Å². The molecule has 4 N–H and O–H groups in total. The van der Waals surface area contributed by atoms with E-state index in [1.54, 1.807) is 12.1 Å². The molecule has 0 spiro atoms. The van der Waals surface area contributed by atoms with Crippen LogP contribution in [0.1, 0.15) is 15.9 Å². The van der Waals surface area contributed by atoms with Crippen molar-refractivity contribution in [2.75, 3.05) is 18.4 Å². The van der Waals surface area contributed by atoms with Gasteiger partial charge in [-0.25, -0.2) is 4.39 Å². The van der Waals surface area contributed by atoms with E-state index in [1.165, 1.54) is 30.3 Å². The molecular formula is C17H17ClFN3O2. The minimum Gasteiger partial charge on any atom is -0.375 e. The minimum atomic E-state index is -0.571. The molecule has 126 valence electrons. The van der Waals surface area contributed by atoms with Gasteiger partial charge in [0.1, 0.15) is 5.82 Å². The van der Waals surface area contributed by atoms with E-state index in [1.807, 2.05) is 0 Å². The summed E-state index contributed by atoms with van der Waals surface area (Å²) in [6.45, 7) is 0.437. The third kappa shape index (κ3) is 5.24. The zero-order valence-electron chi connectivity index (χ0n) is 12.8. The minimum absolute atomic E-state index is 0.00531. The number of halogens is 2. The maximum Gasteiger partial charge on any atom is 0.248 e. The van der Waals surface area contributed by atoms with Crippen LogP contribution >= 0.6 is 11.6 Å². The van der Waals surface area contributed by atoms with Gasteiger partial charge in [0.25, 0.3) is 0 Å². The van der Waals surface area contributed by atoms with E-state index in [0.717, 1.165) is 5.56 Å². The summed E-state index contributed by atoms with van der Waals surface area (Å²) >= 11 is 6.00. The predicted molar refractivity (Wildman–Crippen MR) is 91.6 cm³/mol. The van der Waals surface area contributed by atoms with Crippen LogP contribution in [-0.2, 0) is 11.2 Å². The van der Waals surface area contributed by atoms with Crippen LogP contribution in [0.5, 0.6) is 0 Å². The fourth-order valence-corrected chi connectivity index (χ4v) is 2.23. The van der Waals surface area contributed by atoms with E-state index >= 15 is 0 Å². The summed E-state index contributed by atoms with van der Waals surface area (Å²) in [6.07, 6.45) is 0.601. The van der Waals surface area contributed by atoms with Gasteiger partial charge in [0, 0.05) is 12.1 Å². The van der Waals surface area contributed by atoms with E-state index in [-0.39, 0.29) is 18.3 Å². The number of rotatable bonds is 7. The highest BCUT2D eigenvalue weighted by molar-refractivity contribution is 6.33. The standard InChI is InChI=1S/C17H17ClFN3O2/c18-14-6-3-12(17(20)24)9-15(14)22-10-16(23)21-8-7-11-1-4-13(19)5-2-11/h1-6,9,22H,7-8,10H2,(H2,20,24)(H,21,23). The third-order valence-electron chi connectivity index (χ3n) is 3.34. The number of carbonyl (C=O) groups excluding carboxylic acids is 2. The van der Waals surface area contributed by atoms with E-state index in [4.69, 9.17) is 17.3 Å². The molecule has 0 saturated heterocycles. The van der Waals surface area contributed by atoms with Gasteiger partial charge in [-0.15, -0.1) is 0 Å². The first kappa shape index (κ1) is 17.7. The van der Waals surface area contributed by atoms with Crippen molar-refractivity contribution in [3.63, 3.8) is 0 Å². The number of nitrogens with two attached hydrogens (primary N) is 1. The molecule has 0 fully saturated rings. The maximum absolute atomic E-state index is 12.8. The van der Waals surface area contributed by atoms with Crippen LogP contribution in [0.3, 0.4) is 0 Å². The summed E-state index contributed by atoms with van der Waals surface area (Å²) in [5.74, 6) is -1.09. The Bertz CT molecular complexity index is 735. The van der Waals surface area contributed by atoms with Crippen molar-refractivity contribution < 1.29 is 14.0 Å². The van der Waals surface area contributed by atoms with Crippen LogP contribution in [0.4, 0.5) is 10.1 Å². The normalized spacial score (nSPS) is 10.2. The number of hydrogen-bond donors (Lipinski definition) is 3. The molecule has 0 aliphatic rings. The molecule has 2 aromatic rings. The molecule has 5 nitrogen and oxygen atoms in total. The maximum atomic E-state index is 12.8. The lowest BCUT2D eigenvalue weighted by Crippen LogP contribution is -2.31. The summed E-state index contributed by atoms with van der Waals surface area (Å²) in [6, 6.07) is 10.7. The molecule has 2 rings (SSSR count). The summed E-state index contributed by atoms with van der Waals surface area (Å²) in [4.78, 5) is 23.0. The lowest BCUT2D eigenvalue weighted by Gasteiger charge is -2.10.